The van der Waals surface area contributed by atoms with Crippen LogP contribution in [0.4, 0.5) is 11.4 Å². The molecule has 3 rings (SSSR count). The van der Waals surface area contributed by atoms with Crippen molar-refractivity contribution in [2.24, 2.45) is 0 Å². The molecule has 146 valence electrons. The Morgan fingerprint density at radius 3 is 2.82 bits per heavy atom. The van der Waals surface area contributed by atoms with E-state index in [-0.39, 0.29) is 25.5 Å². The third-order valence-electron chi connectivity index (χ3n) is 4.12. The minimum Gasteiger partial charge on any atom is -0.482 e. The van der Waals surface area contributed by atoms with Crippen molar-refractivity contribution in [3.05, 3.63) is 53.6 Å². The molecule has 0 saturated heterocycles. The second kappa shape index (κ2) is 8.75. The summed E-state index contributed by atoms with van der Waals surface area (Å²) in [4.78, 5) is 37.9. The highest BCUT2D eigenvalue weighted by Crippen LogP contribution is 2.31. The summed E-state index contributed by atoms with van der Waals surface area (Å²) in [7, 11) is 0. The van der Waals surface area contributed by atoms with E-state index in [1.165, 1.54) is 11.8 Å². The van der Waals surface area contributed by atoms with Gasteiger partial charge >= 0.3 is 5.97 Å². The number of rotatable bonds is 6. The average molecular weight is 403 g/mol. The molecule has 0 aromatic heterocycles. The van der Waals surface area contributed by atoms with Gasteiger partial charge in [0.15, 0.2) is 12.7 Å². The van der Waals surface area contributed by atoms with Crippen LogP contribution in [0.2, 0.25) is 5.02 Å². The molecule has 0 spiro atoms. The highest BCUT2D eigenvalue weighted by Gasteiger charge is 2.26. The van der Waals surface area contributed by atoms with E-state index in [1.807, 2.05) is 0 Å². The molecule has 2 amide bonds. The van der Waals surface area contributed by atoms with Gasteiger partial charge in [0.1, 0.15) is 5.75 Å². The largest absolute Gasteiger partial charge is 0.482 e. The van der Waals surface area contributed by atoms with Crippen LogP contribution in [0.25, 0.3) is 0 Å². The van der Waals surface area contributed by atoms with Gasteiger partial charge in [-0.3, -0.25) is 14.4 Å². The second-order valence-electron chi connectivity index (χ2n) is 6.18. The van der Waals surface area contributed by atoms with Crippen molar-refractivity contribution in [2.75, 3.05) is 23.4 Å². The Hall–Kier alpha value is -3.06. The van der Waals surface area contributed by atoms with Gasteiger partial charge in [-0.1, -0.05) is 29.8 Å². The van der Waals surface area contributed by atoms with E-state index in [0.29, 0.717) is 22.1 Å². The molecule has 1 aliphatic heterocycles. The Kier molecular flexibility index (Phi) is 6.16. The molecule has 28 heavy (non-hydrogen) atoms. The summed E-state index contributed by atoms with van der Waals surface area (Å²) < 4.78 is 10.5. The summed E-state index contributed by atoms with van der Waals surface area (Å²) in [5.41, 5.74) is 1.12. The summed E-state index contributed by atoms with van der Waals surface area (Å²) in [6.07, 6.45) is -1.03. The van der Waals surface area contributed by atoms with Crippen LogP contribution < -0.4 is 15.0 Å². The highest BCUT2D eigenvalue weighted by molar-refractivity contribution is 6.30. The van der Waals surface area contributed by atoms with Crippen LogP contribution >= 0.6 is 11.6 Å². The Balaban J connectivity index is 1.53. The number of anilines is 2. The van der Waals surface area contributed by atoms with E-state index in [4.69, 9.17) is 21.1 Å². The molecule has 0 saturated carbocycles. The topological polar surface area (TPSA) is 84.9 Å². The SMILES string of the molecule is C[C@H](OC(=O)CCN1C(=O)COc2ccccc21)C(=O)Nc1cccc(Cl)c1. The number of esters is 1. The lowest BCUT2D eigenvalue weighted by Gasteiger charge is -2.29. The van der Waals surface area contributed by atoms with E-state index in [0.717, 1.165) is 0 Å². The fraction of sp³-hybridized carbons (Fsp3) is 0.250. The van der Waals surface area contributed by atoms with Crippen LogP contribution in [0.15, 0.2) is 48.5 Å². The zero-order valence-corrected chi connectivity index (χ0v) is 15.9. The summed E-state index contributed by atoms with van der Waals surface area (Å²) in [5.74, 6) is -0.697. The number of nitrogens with one attached hydrogen (secondary N) is 1. The van der Waals surface area contributed by atoms with Gasteiger partial charge in [0.05, 0.1) is 12.1 Å². The minimum absolute atomic E-state index is 0.0468. The Bertz CT molecular complexity index is 902. The number of hydrogen-bond donors (Lipinski definition) is 1. The first-order valence-corrected chi connectivity index (χ1v) is 9.10. The number of hydrogen-bond acceptors (Lipinski definition) is 5. The zero-order valence-electron chi connectivity index (χ0n) is 15.2. The van der Waals surface area contributed by atoms with Crippen molar-refractivity contribution in [1.29, 1.82) is 0 Å². The number of carbonyl (C=O) groups excluding carboxylic acids is 3. The van der Waals surface area contributed by atoms with Crippen molar-refractivity contribution in [1.82, 2.24) is 0 Å². The molecule has 0 unspecified atom stereocenters. The van der Waals surface area contributed by atoms with E-state index in [1.54, 1.807) is 48.5 Å². The smallest absolute Gasteiger partial charge is 0.308 e. The first-order valence-electron chi connectivity index (χ1n) is 8.72. The van der Waals surface area contributed by atoms with Crippen molar-refractivity contribution in [2.45, 2.75) is 19.4 Å². The number of nitrogens with zero attached hydrogens (tertiary/aromatic N) is 1. The number of halogens is 1. The fourth-order valence-electron chi connectivity index (χ4n) is 2.72. The van der Waals surface area contributed by atoms with Gasteiger partial charge in [-0.25, -0.2) is 0 Å². The third-order valence-corrected chi connectivity index (χ3v) is 4.35. The number of amides is 2. The number of fused-ring (bicyclic) bond motifs is 1. The van der Waals surface area contributed by atoms with E-state index < -0.39 is 18.0 Å². The molecular formula is C20H19ClN2O5. The summed E-state index contributed by atoms with van der Waals surface area (Å²) >= 11 is 5.88. The molecule has 0 bridgehead atoms. The highest BCUT2D eigenvalue weighted by atomic mass is 35.5. The number of benzene rings is 2. The fourth-order valence-corrected chi connectivity index (χ4v) is 2.91. The maximum atomic E-state index is 12.2. The number of ether oxygens (including phenoxy) is 2. The van der Waals surface area contributed by atoms with Gasteiger partial charge in [-0.05, 0) is 37.3 Å². The molecule has 1 atom stereocenters. The van der Waals surface area contributed by atoms with Gasteiger partial charge in [-0.15, -0.1) is 0 Å². The Labute approximate surface area is 167 Å². The first kappa shape index (κ1) is 19.7. The maximum absolute atomic E-state index is 12.2. The van der Waals surface area contributed by atoms with Crippen molar-refractivity contribution in [3.63, 3.8) is 0 Å². The van der Waals surface area contributed by atoms with Crippen LogP contribution in [0.1, 0.15) is 13.3 Å². The molecule has 0 aliphatic carbocycles. The molecule has 2 aromatic rings. The quantitative estimate of drug-likeness (QED) is 0.751. The van der Waals surface area contributed by atoms with E-state index >= 15 is 0 Å². The molecule has 0 radical (unpaired) electrons. The zero-order chi connectivity index (χ0) is 20.1. The van der Waals surface area contributed by atoms with Gasteiger partial charge in [-0.2, -0.15) is 0 Å². The van der Waals surface area contributed by atoms with E-state index in [2.05, 4.69) is 5.32 Å². The predicted octanol–water partition coefficient (Wildman–Crippen LogP) is 3.03. The third kappa shape index (κ3) is 4.80. The minimum atomic E-state index is -0.987. The maximum Gasteiger partial charge on any atom is 0.308 e. The molecule has 0 fully saturated rings. The van der Waals surface area contributed by atoms with Crippen LogP contribution in [0, 0.1) is 0 Å². The van der Waals surface area contributed by atoms with Crippen molar-refractivity contribution >= 4 is 40.8 Å². The lowest BCUT2D eigenvalue weighted by atomic mass is 10.2. The number of carbonyl (C=O) groups is 3. The first-order chi connectivity index (χ1) is 13.4. The average Bonchev–Trinajstić information content (AvgIpc) is 2.67. The van der Waals surface area contributed by atoms with Crippen molar-refractivity contribution in [3.8, 4) is 5.75 Å². The lowest BCUT2D eigenvalue weighted by Crippen LogP contribution is -2.40. The van der Waals surface area contributed by atoms with E-state index in [9.17, 15) is 14.4 Å². The number of para-hydroxylation sites is 2. The predicted molar refractivity (Wildman–Crippen MR) is 105 cm³/mol. The van der Waals surface area contributed by atoms with Crippen LogP contribution in [-0.4, -0.2) is 37.0 Å². The molecule has 7 nitrogen and oxygen atoms in total. The monoisotopic (exact) mass is 402 g/mol. The normalized spacial score (nSPS) is 13.9. The van der Waals surface area contributed by atoms with Gasteiger partial charge < -0.3 is 19.7 Å². The van der Waals surface area contributed by atoms with Crippen molar-refractivity contribution < 1.29 is 23.9 Å². The molecule has 1 N–H and O–H groups in total. The summed E-state index contributed by atoms with van der Waals surface area (Å²) in [6.45, 7) is 1.54. The van der Waals surface area contributed by atoms with Crippen LogP contribution in [0.5, 0.6) is 5.75 Å². The molecule has 1 aliphatic rings. The van der Waals surface area contributed by atoms with Gasteiger partial charge in [0.25, 0.3) is 11.8 Å². The molecule has 1 heterocycles. The standard InChI is InChI=1S/C20H19ClN2O5/c1-13(20(26)22-15-6-4-5-14(21)11-15)28-19(25)9-10-23-16-7-2-3-8-17(16)27-12-18(23)24/h2-8,11,13H,9-10,12H2,1H3,(H,22,26)/t13-/m0/s1. The van der Waals surface area contributed by atoms with Gasteiger partial charge in [0.2, 0.25) is 0 Å². The van der Waals surface area contributed by atoms with Crippen LogP contribution in [-0.2, 0) is 19.1 Å². The summed E-state index contributed by atoms with van der Waals surface area (Å²) in [6, 6.07) is 13.8. The van der Waals surface area contributed by atoms with Gasteiger partial charge in [0, 0.05) is 17.3 Å². The Morgan fingerprint density at radius 2 is 2.04 bits per heavy atom. The molecule has 2 aromatic carbocycles. The second-order valence-corrected chi connectivity index (χ2v) is 6.62. The molecule has 8 heteroatoms. The van der Waals surface area contributed by atoms with Crippen LogP contribution in [0.3, 0.4) is 0 Å². The lowest BCUT2D eigenvalue weighted by molar-refractivity contribution is -0.153. The summed E-state index contributed by atoms with van der Waals surface area (Å²) in [5, 5.41) is 3.12. The Morgan fingerprint density at radius 1 is 1.25 bits per heavy atom. The molecular weight excluding hydrogens is 384 g/mol.